The molecular weight excluding hydrogens is 304 g/mol. The molecule has 0 amide bonds. The number of ether oxygens (including phenoxy) is 1. The Labute approximate surface area is 134 Å². The summed E-state index contributed by atoms with van der Waals surface area (Å²) in [5, 5.41) is 0. The Balaban J connectivity index is 3.07. The quantitative estimate of drug-likeness (QED) is 0.758. The van der Waals surface area contributed by atoms with Crippen LogP contribution in [-0.4, -0.2) is 13.1 Å². The second-order valence-electron chi connectivity index (χ2n) is 3.68. The van der Waals surface area contributed by atoms with Crippen molar-refractivity contribution in [3.63, 3.8) is 0 Å². The highest BCUT2D eigenvalue weighted by Crippen LogP contribution is 2.29. The van der Waals surface area contributed by atoms with Gasteiger partial charge in [-0.05, 0) is 54.2 Å². The van der Waals surface area contributed by atoms with E-state index in [2.05, 4.69) is 15.9 Å². The van der Waals surface area contributed by atoms with Crippen molar-refractivity contribution in [2.75, 3.05) is 7.11 Å². The minimum absolute atomic E-state index is 0.00711. The molecule has 2 aromatic carbocycles. The third-order valence-electron chi connectivity index (χ3n) is 2.47. The Kier molecular flexibility index (Phi) is 1.83. The summed E-state index contributed by atoms with van der Waals surface area (Å²) in [7, 11) is 1.14. The number of hydrogen-bond acceptors (Lipinski definition) is 2. The highest BCUT2D eigenvalue weighted by Gasteiger charge is 2.14. The Bertz CT molecular complexity index is 949. The van der Waals surface area contributed by atoms with E-state index in [1.165, 1.54) is 18.2 Å². The molecule has 3 heteroatoms. The number of carbonyl (C=O) groups is 1. The summed E-state index contributed by atoms with van der Waals surface area (Å²) in [6.45, 7) is -6.02. The van der Waals surface area contributed by atoms with Gasteiger partial charge in [-0.1, -0.05) is 34.1 Å². The second-order valence-corrected chi connectivity index (χ2v) is 4.60. The van der Waals surface area contributed by atoms with Crippen LogP contribution in [0.2, 0.25) is 0 Å². The maximum atomic E-state index is 12.1. The summed E-state index contributed by atoms with van der Waals surface area (Å²) in [6.07, 6.45) is 0. The molecule has 0 aromatic heterocycles. The van der Waals surface area contributed by atoms with Crippen LogP contribution in [0, 0.1) is 13.7 Å². The van der Waals surface area contributed by atoms with Crippen molar-refractivity contribution in [1.29, 1.82) is 0 Å². The van der Waals surface area contributed by atoms with Crippen LogP contribution in [0.5, 0.6) is 0 Å². The van der Waals surface area contributed by atoms with Gasteiger partial charge in [0.2, 0.25) is 0 Å². The smallest absolute Gasteiger partial charge is 0.338 e. The molecule has 0 bridgehead atoms. The summed E-state index contributed by atoms with van der Waals surface area (Å²) < 4.78 is 75.8. The second kappa shape index (κ2) is 5.57. The fraction of sp³-hybridized carbons (Fsp3) is 0.188. The van der Waals surface area contributed by atoms with E-state index in [9.17, 15) is 4.79 Å². The van der Waals surface area contributed by atoms with Crippen molar-refractivity contribution in [1.82, 2.24) is 0 Å². The maximum absolute atomic E-state index is 12.1. The minimum Gasteiger partial charge on any atom is -0.465 e. The molecular formula is C16H15BrO2. The van der Waals surface area contributed by atoms with Gasteiger partial charge < -0.3 is 4.74 Å². The molecule has 0 heterocycles. The fourth-order valence-corrected chi connectivity index (χ4v) is 1.91. The van der Waals surface area contributed by atoms with Crippen LogP contribution >= 0.6 is 15.9 Å². The van der Waals surface area contributed by atoms with Crippen molar-refractivity contribution in [3.05, 3.63) is 57.5 Å². The zero-order chi connectivity index (χ0) is 21.6. The molecule has 2 aromatic rings. The van der Waals surface area contributed by atoms with Crippen LogP contribution in [-0.2, 0) is 4.74 Å². The monoisotopic (exact) mass is 327 g/mol. The normalized spacial score (nSPS) is 18.5. The van der Waals surface area contributed by atoms with Crippen LogP contribution in [0.15, 0.2) is 40.8 Å². The van der Waals surface area contributed by atoms with Gasteiger partial charge in [0.25, 0.3) is 0 Å². The molecule has 0 unspecified atom stereocenters. The summed E-state index contributed by atoms with van der Waals surface area (Å²) >= 11 is 3.21. The maximum Gasteiger partial charge on any atom is 0.338 e. The molecule has 2 nitrogen and oxygen atoms in total. The Morgan fingerprint density at radius 1 is 1.32 bits per heavy atom. The lowest BCUT2D eigenvalue weighted by Gasteiger charge is -2.10. The molecule has 0 saturated carbocycles. The topological polar surface area (TPSA) is 26.3 Å². The van der Waals surface area contributed by atoms with Gasteiger partial charge in [0.05, 0.1) is 16.8 Å². The van der Waals surface area contributed by atoms with Crippen LogP contribution in [0.25, 0.3) is 11.1 Å². The van der Waals surface area contributed by atoms with Gasteiger partial charge in [0.15, 0.2) is 0 Å². The molecule has 0 spiro atoms. The highest BCUT2D eigenvalue weighted by molar-refractivity contribution is 9.10. The van der Waals surface area contributed by atoms with Crippen LogP contribution < -0.4 is 0 Å². The molecule has 0 atom stereocenters. The SMILES string of the molecule is [2H]c1c([2H])c(C([2H])([2H])[2H])c(C([2H])([2H])[2H])c([2H])c1-c1cc(Br)ccc1C(=O)OC. The standard InChI is InChI=1S/C16H15BrO2/c1-10-4-5-12(8-11(10)2)15-9-13(17)6-7-14(15)16(18)19-3/h4-9H,1-3H3/i1D3,2D3,4D,5D,8D. The predicted octanol–water partition coefficient (Wildman–Crippen LogP) is 4.52. The van der Waals surface area contributed by atoms with Gasteiger partial charge in [-0.15, -0.1) is 0 Å². The zero-order valence-electron chi connectivity index (χ0n) is 18.9. The van der Waals surface area contributed by atoms with E-state index in [0.717, 1.165) is 7.11 Å². The minimum atomic E-state index is -3.02. The third kappa shape index (κ3) is 2.87. The molecule has 0 radical (unpaired) electrons. The summed E-state index contributed by atoms with van der Waals surface area (Å²) in [5.41, 5.74) is -2.08. The number of rotatable bonds is 2. The predicted molar refractivity (Wildman–Crippen MR) is 80.4 cm³/mol. The van der Waals surface area contributed by atoms with E-state index in [1.807, 2.05) is 0 Å². The third-order valence-corrected chi connectivity index (χ3v) is 2.96. The van der Waals surface area contributed by atoms with E-state index in [4.69, 9.17) is 17.1 Å². The number of carbonyl (C=O) groups excluding carboxylic acids is 1. The van der Waals surface area contributed by atoms with Crippen molar-refractivity contribution >= 4 is 21.9 Å². The number of methoxy groups -OCH3 is 1. The van der Waals surface area contributed by atoms with Gasteiger partial charge in [-0.25, -0.2) is 4.79 Å². The van der Waals surface area contributed by atoms with Crippen LogP contribution in [0.3, 0.4) is 0 Å². The number of benzene rings is 2. The molecule has 0 aliphatic rings. The largest absolute Gasteiger partial charge is 0.465 e. The number of halogens is 1. The van der Waals surface area contributed by atoms with E-state index < -0.39 is 48.9 Å². The van der Waals surface area contributed by atoms with Gasteiger partial charge >= 0.3 is 5.97 Å². The van der Waals surface area contributed by atoms with E-state index >= 15 is 0 Å². The highest BCUT2D eigenvalue weighted by atomic mass is 79.9. The molecule has 0 aliphatic heterocycles. The molecule has 0 saturated heterocycles. The molecule has 98 valence electrons. The summed E-state index contributed by atoms with van der Waals surface area (Å²) in [4.78, 5) is 12.1. The Morgan fingerprint density at radius 3 is 2.79 bits per heavy atom. The Morgan fingerprint density at radius 2 is 2.11 bits per heavy atom. The first kappa shape index (κ1) is 6.23. The van der Waals surface area contributed by atoms with E-state index in [0.29, 0.717) is 4.47 Å². The summed E-state index contributed by atoms with van der Waals surface area (Å²) in [6, 6.07) is 2.04. The molecule has 0 fully saturated rings. The average Bonchev–Trinajstić information content (AvgIpc) is 2.55. The van der Waals surface area contributed by atoms with E-state index in [1.54, 1.807) is 0 Å². The molecule has 0 N–H and O–H groups in total. The Hall–Kier alpha value is -1.61. The molecule has 0 aliphatic carbocycles. The fourth-order valence-electron chi connectivity index (χ4n) is 1.55. The molecule has 19 heavy (non-hydrogen) atoms. The van der Waals surface area contributed by atoms with Gasteiger partial charge in [0.1, 0.15) is 0 Å². The first-order chi connectivity index (χ1) is 12.7. The van der Waals surface area contributed by atoms with Crippen molar-refractivity contribution < 1.29 is 21.9 Å². The van der Waals surface area contributed by atoms with Gasteiger partial charge in [-0.2, -0.15) is 0 Å². The number of hydrogen-bond donors (Lipinski definition) is 0. The zero-order valence-corrected chi connectivity index (χ0v) is 11.5. The van der Waals surface area contributed by atoms with Gasteiger partial charge in [-0.3, -0.25) is 0 Å². The van der Waals surface area contributed by atoms with Crippen LogP contribution in [0.1, 0.15) is 33.8 Å². The lowest BCUT2D eigenvalue weighted by atomic mass is 9.96. The van der Waals surface area contributed by atoms with E-state index in [-0.39, 0.29) is 16.7 Å². The van der Waals surface area contributed by atoms with Crippen molar-refractivity contribution in [2.45, 2.75) is 13.7 Å². The first-order valence-corrected chi connectivity index (χ1v) is 6.04. The lowest BCUT2D eigenvalue weighted by Crippen LogP contribution is -2.03. The van der Waals surface area contributed by atoms with Crippen molar-refractivity contribution in [2.24, 2.45) is 0 Å². The number of esters is 1. The van der Waals surface area contributed by atoms with Crippen LogP contribution in [0.4, 0.5) is 0 Å². The summed E-state index contributed by atoms with van der Waals surface area (Å²) in [5.74, 6) is -0.789. The lowest BCUT2D eigenvalue weighted by molar-refractivity contribution is 0.0601. The first-order valence-electron chi connectivity index (χ1n) is 9.74. The van der Waals surface area contributed by atoms with Gasteiger partial charge in [0, 0.05) is 12.7 Å². The van der Waals surface area contributed by atoms with Crippen molar-refractivity contribution in [3.8, 4) is 11.1 Å². The molecule has 2 rings (SSSR count). The average molecular weight is 328 g/mol.